The maximum atomic E-state index is 4.65. The first-order chi connectivity index (χ1) is 12.3. The molecule has 0 aliphatic rings. The van der Waals surface area contributed by atoms with Crippen LogP contribution in [0.25, 0.3) is 22.5 Å². The lowest BCUT2D eigenvalue weighted by Crippen LogP contribution is -1.93. The molecule has 4 aromatic rings. The van der Waals surface area contributed by atoms with Gasteiger partial charge in [0.25, 0.3) is 0 Å². The summed E-state index contributed by atoms with van der Waals surface area (Å²) in [6, 6.07) is 18.3. The molecule has 0 amide bonds. The summed E-state index contributed by atoms with van der Waals surface area (Å²) in [5.74, 6) is 0.798. The fourth-order valence-electron chi connectivity index (χ4n) is 2.54. The lowest BCUT2D eigenvalue weighted by molar-refractivity contribution is 1.25. The van der Waals surface area contributed by atoms with Crippen LogP contribution in [0.4, 0.5) is 10.9 Å². The largest absolute Gasteiger partial charge is 0.316 e. The SMILES string of the molecule is Cc1ccnc(Nc2nc(-c3cc(-c4ccccc4)ccn3)cs2)c1. The molecule has 0 saturated carbocycles. The summed E-state index contributed by atoms with van der Waals surface area (Å²) >= 11 is 1.54. The molecule has 0 saturated heterocycles. The highest BCUT2D eigenvalue weighted by Gasteiger charge is 2.08. The molecule has 0 aliphatic carbocycles. The summed E-state index contributed by atoms with van der Waals surface area (Å²) in [5, 5.41) is 6.06. The third kappa shape index (κ3) is 3.56. The Morgan fingerprint density at radius 2 is 1.68 bits per heavy atom. The number of aromatic nitrogens is 3. The van der Waals surface area contributed by atoms with Crippen molar-refractivity contribution in [2.75, 3.05) is 5.32 Å². The van der Waals surface area contributed by atoms with Crippen LogP contribution >= 0.6 is 11.3 Å². The first-order valence-corrected chi connectivity index (χ1v) is 8.83. The minimum Gasteiger partial charge on any atom is -0.316 e. The van der Waals surface area contributed by atoms with E-state index in [4.69, 9.17) is 0 Å². The van der Waals surface area contributed by atoms with Crippen molar-refractivity contribution >= 4 is 22.3 Å². The highest BCUT2D eigenvalue weighted by molar-refractivity contribution is 7.14. The Kier molecular flexibility index (Phi) is 4.23. The van der Waals surface area contributed by atoms with Crippen molar-refractivity contribution in [2.45, 2.75) is 6.92 Å². The monoisotopic (exact) mass is 344 g/mol. The first kappa shape index (κ1) is 15.5. The van der Waals surface area contributed by atoms with Crippen molar-refractivity contribution in [3.8, 4) is 22.5 Å². The zero-order valence-corrected chi connectivity index (χ0v) is 14.5. The highest BCUT2D eigenvalue weighted by Crippen LogP contribution is 2.28. The number of benzene rings is 1. The first-order valence-electron chi connectivity index (χ1n) is 7.95. The van der Waals surface area contributed by atoms with Gasteiger partial charge in [0.15, 0.2) is 5.13 Å². The summed E-state index contributed by atoms with van der Waals surface area (Å²) < 4.78 is 0. The summed E-state index contributed by atoms with van der Waals surface area (Å²) in [6.45, 7) is 2.04. The van der Waals surface area contributed by atoms with Gasteiger partial charge in [-0.15, -0.1) is 11.3 Å². The number of hydrogen-bond acceptors (Lipinski definition) is 5. The Morgan fingerprint density at radius 1 is 0.840 bits per heavy atom. The average molecular weight is 344 g/mol. The van der Waals surface area contributed by atoms with Crippen LogP contribution in [0, 0.1) is 6.92 Å². The number of nitrogens with one attached hydrogen (secondary N) is 1. The molecule has 0 spiro atoms. The van der Waals surface area contributed by atoms with Crippen LogP contribution in [0.15, 0.2) is 72.4 Å². The van der Waals surface area contributed by atoms with Crippen molar-refractivity contribution in [3.05, 3.63) is 77.9 Å². The minimum atomic E-state index is 0.798. The maximum absolute atomic E-state index is 4.65. The smallest absolute Gasteiger partial charge is 0.188 e. The molecule has 0 aliphatic heterocycles. The Balaban J connectivity index is 1.60. The van der Waals surface area contributed by atoms with Gasteiger partial charge in [-0.1, -0.05) is 30.3 Å². The Labute approximate surface area is 150 Å². The van der Waals surface area contributed by atoms with Crippen LogP contribution in [-0.2, 0) is 0 Å². The zero-order valence-electron chi connectivity index (χ0n) is 13.7. The Hall–Kier alpha value is -3.05. The van der Waals surface area contributed by atoms with Crippen molar-refractivity contribution in [3.63, 3.8) is 0 Å². The van der Waals surface area contributed by atoms with Gasteiger partial charge in [0, 0.05) is 17.8 Å². The van der Waals surface area contributed by atoms with Crippen molar-refractivity contribution in [1.29, 1.82) is 0 Å². The third-order valence-corrected chi connectivity index (χ3v) is 4.54. The molecule has 0 bridgehead atoms. The van der Waals surface area contributed by atoms with Gasteiger partial charge < -0.3 is 5.32 Å². The molecule has 25 heavy (non-hydrogen) atoms. The van der Waals surface area contributed by atoms with Crippen LogP contribution in [0.5, 0.6) is 0 Å². The minimum absolute atomic E-state index is 0.798. The van der Waals surface area contributed by atoms with Crippen LogP contribution in [0.3, 0.4) is 0 Å². The van der Waals surface area contributed by atoms with E-state index in [9.17, 15) is 0 Å². The van der Waals surface area contributed by atoms with Crippen molar-refractivity contribution < 1.29 is 0 Å². The molecule has 5 heteroatoms. The second kappa shape index (κ2) is 6.83. The second-order valence-corrected chi connectivity index (χ2v) is 6.54. The Morgan fingerprint density at radius 3 is 2.52 bits per heavy atom. The van der Waals surface area contributed by atoms with Gasteiger partial charge in [-0.25, -0.2) is 9.97 Å². The number of anilines is 2. The van der Waals surface area contributed by atoms with Crippen LogP contribution in [-0.4, -0.2) is 15.0 Å². The molecule has 0 atom stereocenters. The molecule has 3 aromatic heterocycles. The topological polar surface area (TPSA) is 50.7 Å². The number of aryl methyl sites for hydroxylation is 1. The molecule has 1 N–H and O–H groups in total. The quantitative estimate of drug-likeness (QED) is 0.544. The van der Waals surface area contributed by atoms with E-state index in [2.05, 4.69) is 38.5 Å². The van der Waals surface area contributed by atoms with Gasteiger partial charge in [0.05, 0.1) is 5.69 Å². The van der Waals surface area contributed by atoms with Gasteiger partial charge in [-0.3, -0.25) is 4.98 Å². The molecule has 4 nitrogen and oxygen atoms in total. The van der Waals surface area contributed by atoms with Crippen LogP contribution in [0.1, 0.15) is 5.56 Å². The highest BCUT2D eigenvalue weighted by atomic mass is 32.1. The molecular formula is C20H16N4S. The lowest BCUT2D eigenvalue weighted by atomic mass is 10.1. The number of pyridine rings is 2. The molecule has 1 aromatic carbocycles. The van der Waals surface area contributed by atoms with Crippen LogP contribution in [0.2, 0.25) is 0 Å². The summed E-state index contributed by atoms with van der Waals surface area (Å²) in [7, 11) is 0. The summed E-state index contributed by atoms with van der Waals surface area (Å²) in [6.07, 6.45) is 3.61. The molecule has 3 heterocycles. The van der Waals surface area contributed by atoms with E-state index in [1.54, 1.807) is 17.5 Å². The maximum Gasteiger partial charge on any atom is 0.188 e. The predicted molar refractivity (Wildman–Crippen MR) is 103 cm³/mol. The fraction of sp³-hybridized carbons (Fsp3) is 0.0500. The van der Waals surface area contributed by atoms with E-state index < -0.39 is 0 Å². The third-order valence-electron chi connectivity index (χ3n) is 3.78. The lowest BCUT2D eigenvalue weighted by Gasteiger charge is -2.03. The van der Waals surface area contributed by atoms with Gasteiger partial charge in [0.2, 0.25) is 0 Å². The summed E-state index contributed by atoms with van der Waals surface area (Å²) in [4.78, 5) is 13.4. The molecule has 0 radical (unpaired) electrons. The number of nitrogens with zero attached hydrogens (tertiary/aromatic N) is 3. The second-order valence-electron chi connectivity index (χ2n) is 5.68. The van der Waals surface area contributed by atoms with Crippen molar-refractivity contribution in [2.24, 2.45) is 0 Å². The fourth-order valence-corrected chi connectivity index (χ4v) is 3.25. The molecule has 122 valence electrons. The molecule has 0 unspecified atom stereocenters. The van der Waals surface area contributed by atoms with Gasteiger partial charge in [0.1, 0.15) is 11.5 Å². The van der Waals surface area contributed by atoms with Gasteiger partial charge >= 0.3 is 0 Å². The van der Waals surface area contributed by atoms with E-state index >= 15 is 0 Å². The van der Waals surface area contributed by atoms with Gasteiger partial charge in [-0.2, -0.15) is 0 Å². The van der Waals surface area contributed by atoms with E-state index in [0.29, 0.717) is 0 Å². The van der Waals surface area contributed by atoms with E-state index in [-0.39, 0.29) is 0 Å². The van der Waals surface area contributed by atoms with E-state index in [1.807, 2.05) is 54.9 Å². The normalized spacial score (nSPS) is 10.6. The molecule has 4 rings (SSSR count). The number of rotatable bonds is 4. The molecule has 0 fully saturated rings. The molecular weight excluding hydrogens is 328 g/mol. The average Bonchev–Trinajstić information content (AvgIpc) is 3.11. The number of thiazole rings is 1. The number of hydrogen-bond donors (Lipinski definition) is 1. The van der Waals surface area contributed by atoms with E-state index in [0.717, 1.165) is 33.5 Å². The zero-order chi connectivity index (χ0) is 17.1. The summed E-state index contributed by atoms with van der Waals surface area (Å²) in [5.41, 5.74) is 5.18. The Bertz CT molecular complexity index is 995. The van der Waals surface area contributed by atoms with Crippen molar-refractivity contribution in [1.82, 2.24) is 15.0 Å². The van der Waals surface area contributed by atoms with Gasteiger partial charge in [-0.05, 0) is 47.9 Å². The predicted octanol–water partition coefficient (Wildman–Crippen LogP) is 5.32. The standard InChI is InChI=1S/C20H16N4S/c1-14-7-9-22-19(11-14)24-20-23-18(13-25-20)17-12-16(8-10-21-17)15-5-3-2-4-6-15/h2-13H,1H3,(H,22,23,24). The van der Waals surface area contributed by atoms with E-state index in [1.165, 1.54) is 5.56 Å². The van der Waals surface area contributed by atoms with Crippen LogP contribution < -0.4 is 5.32 Å².